The molecule has 2 aromatic carbocycles. The van der Waals surface area contributed by atoms with Gasteiger partial charge in [0.15, 0.2) is 0 Å². The molecule has 0 radical (unpaired) electrons. The van der Waals surface area contributed by atoms with Crippen LogP contribution < -0.4 is 9.47 Å². The molecule has 9 heteroatoms. The van der Waals surface area contributed by atoms with E-state index >= 15 is 0 Å². The molecule has 0 amide bonds. The van der Waals surface area contributed by atoms with E-state index in [1.165, 1.54) is 0 Å². The van der Waals surface area contributed by atoms with Crippen molar-refractivity contribution in [2.24, 2.45) is 0 Å². The van der Waals surface area contributed by atoms with Gasteiger partial charge in [0.25, 0.3) is 0 Å². The van der Waals surface area contributed by atoms with E-state index in [9.17, 15) is 18.0 Å². The van der Waals surface area contributed by atoms with Gasteiger partial charge in [-0.05, 0) is 88.1 Å². The molecule has 0 heterocycles. The number of rotatable bonds is 12. The predicted octanol–water partition coefficient (Wildman–Crippen LogP) is 4.75. The number of esters is 2. The van der Waals surface area contributed by atoms with Crippen LogP contribution in [-0.4, -0.2) is 46.8 Å². The highest BCUT2D eigenvalue weighted by Crippen LogP contribution is 2.33. The zero-order valence-corrected chi connectivity index (χ0v) is 23.0. The van der Waals surface area contributed by atoms with E-state index in [1.807, 2.05) is 0 Å². The highest BCUT2D eigenvalue weighted by molar-refractivity contribution is 7.91. The summed E-state index contributed by atoms with van der Waals surface area (Å²) in [7, 11) is -3.82. The first-order valence-corrected chi connectivity index (χ1v) is 13.1. The number of hydrogen-bond donors (Lipinski definition) is 0. The number of carbonyl (C=O) groups excluding carboxylic acids is 2. The SMILES string of the molecule is C=C(C)C(=O)OCCOc1c(C)cc(S(=O)(=O)c2cc(C)c(OCCOC(=O)C(=C)C)c(C)c2)cc1C. The third-order valence-electron chi connectivity index (χ3n) is 5.31. The zero-order valence-electron chi connectivity index (χ0n) is 22.2. The van der Waals surface area contributed by atoms with Crippen molar-refractivity contribution >= 4 is 21.8 Å². The molecule has 0 aromatic heterocycles. The fraction of sp³-hybridized carbons (Fsp3) is 0.357. The maximum atomic E-state index is 13.5. The Bertz CT molecular complexity index is 1180. The summed E-state index contributed by atoms with van der Waals surface area (Å²) in [6.45, 7) is 17.6. The van der Waals surface area contributed by atoms with Crippen LogP contribution in [0.3, 0.4) is 0 Å². The van der Waals surface area contributed by atoms with Crippen LogP contribution in [0.15, 0.2) is 58.4 Å². The van der Waals surface area contributed by atoms with E-state index < -0.39 is 21.8 Å². The number of benzene rings is 2. The number of aryl methyl sites for hydroxylation is 4. The lowest BCUT2D eigenvalue weighted by Crippen LogP contribution is -2.14. The van der Waals surface area contributed by atoms with Crippen LogP contribution in [0, 0.1) is 27.7 Å². The van der Waals surface area contributed by atoms with E-state index in [4.69, 9.17) is 18.9 Å². The first kappa shape index (κ1) is 29.6. The minimum Gasteiger partial charge on any atom is -0.489 e. The molecule has 0 bridgehead atoms. The predicted molar refractivity (Wildman–Crippen MR) is 140 cm³/mol. The first-order chi connectivity index (χ1) is 17.2. The number of sulfone groups is 1. The molecule has 0 saturated carbocycles. The summed E-state index contributed by atoms with van der Waals surface area (Å²) in [4.78, 5) is 23.3. The van der Waals surface area contributed by atoms with Gasteiger partial charge in [-0.2, -0.15) is 0 Å². The molecule has 0 atom stereocenters. The van der Waals surface area contributed by atoms with Crippen LogP contribution in [0.1, 0.15) is 36.1 Å². The van der Waals surface area contributed by atoms with Gasteiger partial charge in [-0.3, -0.25) is 0 Å². The van der Waals surface area contributed by atoms with Gasteiger partial charge < -0.3 is 18.9 Å². The average molecular weight is 531 g/mol. The summed E-state index contributed by atoms with van der Waals surface area (Å²) >= 11 is 0. The van der Waals surface area contributed by atoms with Gasteiger partial charge in [-0.15, -0.1) is 0 Å². The molecule has 37 heavy (non-hydrogen) atoms. The van der Waals surface area contributed by atoms with Crippen LogP contribution in [0.25, 0.3) is 0 Å². The smallest absolute Gasteiger partial charge is 0.333 e. The van der Waals surface area contributed by atoms with E-state index in [0.29, 0.717) is 44.9 Å². The van der Waals surface area contributed by atoms with E-state index in [-0.39, 0.29) is 36.2 Å². The van der Waals surface area contributed by atoms with Gasteiger partial charge in [0.1, 0.15) is 37.9 Å². The molecule has 0 N–H and O–H groups in total. The van der Waals surface area contributed by atoms with Crippen LogP contribution in [0.2, 0.25) is 0 Å². The minimum atomic E-state index is -3.82. The number of ether oxygens (including phenoxy) is 4. The van der Waals surface area contributed by atoms with Gasteiger partial charge in [0.2, 0.25) is 9.84 Å². The van der Waals surface area contributed by atoms with Gasteiger partial charge in [0, 0.05) is 11.1 Å². The molecule has 0 saturated heterocycles. The standard InChI is InChI=1S/C28H34O8S/c1-17(2)27(29)35-11-9-33-25-19(5)13-23(14-20(25)6)37(31,32)24-15-21(7)26(22(8)16-24)34-10-12-36-28(30)18(3)4/h13-16H,1,3,9-12H2,2,4-8H3. The van der Waals surface area contributed by atoms with Crippen molar-refractivity contribution in [3.63, 3.8) is 0 Å². The quantitative estimate of drug-likeness (QED) is 0.220. The number of hydrogen-bond acceptors (Lipinski definition) is 8. The molecule has 0 fully saturated rings. The third-order valence-corrected chi connectivity index (χ3v) is 7.02. The van der Waals surface area contributed by atoms with Gasteiger partial charge >= 0.3 is 11.9 Å². The van der Waals surface area contributed by atoms with Crippen LogP contribution in [0.5, 0.6) is 11.5 Å². The monoisotopic (exact) mass is 530 g/mol. The average Bonchev–Trinajstić information content (AvgIpc) is 2.81. The molecule has 200 valence electrons. The molecule has 0 aliphatic rings. The summed E-state index contributed by atoms with van der Waals surface area (Å²) < 4.78 is 48.4. The second-order valence-electron chi connectivity index (χ2n) is 8.81. The van der Waals surface area contributed by atoms with Gasteiger partial charge in [-0.1, -0.05) is 13.2 Å². The summed E-state index contributed by atoms with van der Waals surface area (Å²) in [6.07, 6.45) is 0. The second kappa shape index (κ2) is 12.6. The largest absolute Gasteiger partial charge is 0.489 e. The Balaban J connectivity index is 2.17. The van der Waals surface area contributed by atoms with E-state index in [2.05, 4.69) is 13.2 Å². The fourth-order valence-corrected chi connectivity index (χ4v) is 5.13. The maximum Gasteiger partial charge on any atom is 0.333 e. The third kappa shape index (κ3) is 7.69. The van der Waals surface area contributed by atoms with E-state index in [0.717, 1.165) is 0 Å². The van der Waals surface area contributed by atoms with Gasteiger partial charge in [-0.25, -0.2) is 18.0 Å². The lowest BCUT2D eigenvalue weighted by molar-refractivity contribution is -0.140. The molecular weight excluding hydrogens is 496 g/mol. The second-order valence-corrected chi connectivity index (χ2v) is 10.8. The Kier molecular flexibility index (Phi) is 10.1. The Hall–Kier alpha value is -3.59. The van der Waals surface area contributed by atoms with Crippen molar-refractivity contribution in [3.05, 3.63) is 70.8 Å². The molecule has 0 spiro atoms. The highest BCUT2D eigenvalue weighted by Gasteiger charge is 2.22. The molecule has 8 nitrogen and oxygen atoms in total. The van der Waals surface area contributed by atoms with Gasteiger partial charge in [0.05, 0.1) is 9.79 Å². The molecule has 0 aliphatic heterocycles. The zero-order chi connectivity index (χ0) is 27.9. The van der Waals surface area contributed by atoms with Crippen LogP contribution in [-0.2, 0) is 28.9 Å². The van der Waals surface area contributed by atoms with E-state index in [1.54, 1.807) is 65.8 Å². The minimum absolute atomic E-state index is 0.0495. The summed E-state index contributed by atoms with van der Waals surface area (Å²) in [5, 5.41) is 0. The van der Waals surface area contributed by atoms with Crippen molar-refractivity contribution in [1.29, 1.82) is 0 Å². The molecule has 2 aromatic rings. The molecular formula is C28H34O8S. The van der Waals surface area contributed by atoms with Crippen LogP contribution >= 0.6 is 0 Å². The van der Waals surface area contributed by atoms with Crippen molar-refractivity contribution in [2.45, 2.75) is 51.3 Å². The maximum absolute atomic E-state index is 13.5. The van der Waals surface area contributed by atoms with Crippen LogP contribution in [0.4, 0.5) is 0 Å². The Morgan fingerprint density at radius 1 is 0.649 bits per heavy atom. The highest BCUT2D eigenvalue weighted by atomic mass is 32.2. The Morgan fingerprint density at radius 3 is 1.22 bits per heavy atom. The topological polar surface area (TPSA) is 105 Å². The van der Waals surface area contributed by atoms with Crippen molar-refractivity contribution in [2.75, 3.05) is 26.4 Å². The van der Waals surface area contributed by atoms with Crippen molar-refractivity contribution < 1.29 is 37.0 Å². The fourth-order valence-electron chi connectivity index (χ4n) is 3.53. The Labute approximate surface area is 218 Å². The first-order valence-electron chi connectivity index (χ1n) is 11.6. The normalized spacial score (nSPS) is 11.0. The van der Waals surface area contributed by atoms with Crippen molar-refractivity contribution in [1.82, 2.24) is 0 Å². The Morgan fingerprint density at radius 2 is 0.946 bits per heavy atom. The summed E-state index contributed by atoms with van der Waals surface area (Å²) in [5.74, 6) is 0.0842. The summed E-state index contributed by atoms with van der Waals surface area (Å²) in [6, 6.07) is 6.23. The number of carbonyl (C=O) groups is 2. The van der Waals surface area contributed by atoms with Crippen molar-refractivity contribution in [3.8, 4) is 11.5 Å². The molecule has 0 unspecified atom stereocenters. The lowest BCUT2D eigenvalue weighted by atomic mass is 10.1. The molecule has 2 rings (SSSR count). The summed E-state index contributed by atoms with van der Waals surface area (Å²) in [5.41, 5.74) is 3.17. The molecule has 0 aliphatic carbocycles. The lowest BCUT2D eigenvalue weighted by Gasteiger charge is -2.16.